The Balaban J connectivity index is 1.66. The van der Waals surface area contributed by atoms with Gasteiger partial charge in [0.1, 0.15) is 5.75 Å². The van der Waals surface area contributed by atoms with Crippen LogP contribution < -0.4 is 4.74 Å². The Bertz CT molecular complexity index is 1170. The maximum absolute atomic E-state index is 12.8. The minimum absolute atomic E-state index is 0.294. The minimum atomic E-state index is -0.571. The molecular formula is C23H18N2O4. The Labute approximate surface area is 167 Å². The van der Waals surface area contributed by atoms with Gasteiger partial charge in [-0.15, -0.1) is 0 Å². The summed E-state index contributed by atoms with van der Waals surface area (Å²) in [6, 6.07) is 19.8. The molecule has 0 saturated heterocycles. The molecule has 0 aliphatic heterocycles. The van der Waals surface area contributed by atoms with Crippen LogP contribution in [0.25, 0.3) is 22.2 Å². The number of para-hydroxylation sites is 1. The van der Waals surface area contributed by atoms with Gasteiger partial charge >= 0.3 is 5.97 Å². The van der Waals surface area contributed by atoms with Crippen molar-refractivity contribution < 1.29 is 19.1 Å². The van der Waals surface area contributed by atoms with Gasteiger partial charge < -0.3 is 14.5 Å². The van der Waals surface area contributed by atoms with E-state index >= 15 is 0 Å². The van der Waals surface area contributed by atoms with Crippen molar-refractivity contribution in [1.29, 1.82) is 0 Å². The van der Waals surface area contributed by atoms with Crippen LogP contribution in [0.2, 0.25) is 0 Å². The molecule has 0 unspecified atom stereocenters. The van der Waals surface area contributed by atoms with Crippen LogP contribution in [0.15, 0.2) is 72.9 Å². The summed E-state index contributed by atoms with van der Waals surface area (Å²) < 4.78 is 10.5. The number of esters is 1. The number of rotatable bonds is 6. The van der Waals surface area contributed by atoms with Gasteiger partial charge in [0.05, 0.1) is 29.6 Å². The SMILES string of the molecule is COc1ccc(-c2cc(C(=O)OCC(=O)c3ccc[nH]3)c3ccccc3n2)cc1. The number of ether oxygens (including phenoxy) is 2. The summed E-state index contributed by atoms with van der Waals surface area (Å²) in [7, 11) is 1.60. The summed E-state index contributed by atoms with van der Waals surface area (Å²) in [5, 5.41) is 0.669. The molecule has 0 aliphatic carbocycles. The molecule has 4 aromatic rings. The van der Waals surface area contributed by atoms with Gasteiger partial charge in [-0.05, 0) is 48.5 Å². The van der Waals surface area contributed by atoms with Crippen molar-refractivity contribution in [3.63, 3.8) is 0 Å². The number of fused-ring (bicyclic) bond motifs is 1. The van der Waals surface area contributed by atoms with E-state index in [0.29, 0.717) is 27.9 Å². The molecule has 0 radical (unpaired) electrons. The number of nitrogens with one attached hydrogen (secondary N) is 1. The summed E-state index contributed by atoms with van der Waals surface area (Å²) in [5.74, 6) is -0.132. The zero-order chi connectivity index (χ0) is 20.2. The number of benzene rings is 2. The first kappa shape index (κ1) is 18.4. The maximum Gasteiger partial charge on any atom is 0.339 e. The van der Waals surface area contributed by atoms with E-state index in [1.807, 2.05) is 48.5 Å². The molecule has 0 amide bonds. The number of ketones is 1. The quantitative estimate of drug-likeness (QED) is 0.395. The Kier molecular flexibility index (Phi) is 5.07. The number of aromatic amines is 1. The molecule has 0 atom stereocenters. The molecule has 0 spiro atoms. The Morgan fingerprint density at radius 1 is 1.00 bits per heavy atom. The Morgan fingerprint density at radius 2 is 1.79 bits per heavy atom. The number of hydrogen-bond acceptors (Lipinski definition) is 5. The molecule has 2 heterocycles. The van der Waals surface area contributed by atoms with Gasteiger partial charge in [0, 0.05) is 17.1 Å². The number of nitrogens with zero attached hydrogens (tertiary/aromatic N) is 1. The molecule has 0 aliphatic rings. The molecule has 144 valence electrons. The molecule has 2 aromatic heterocycles. The number of H-pyrrole nitrogens is 1. The van der Waals surface area contributed by atoms with Crippen molar-refractivity contribution in [1.82, 2.24) is 9.97 Å². The fourth-order valence-corrected chi connectivity index (χ4v) is 3.04. The van der Waals surface area contributed by atoms with Gasteiger partial charge in [-0.3, -0.25) is 4.79 Å². The smallest absolute Gasteiger partial charge is 0.339 e. The summed E-state index contributed by atoms with van der Waals surface area (Å²) in [6.07, 6.45) is 1.65. The van der Waals surface area contributed by atoms with Gasteiger partial charge in [-0.2, -0.15) is 0 Å². The summed E-state index contributed by atoms with van der Waals surface area (Å²) >= 11 is 0. The van der Waals surface area contributed by atoms with Crippen molar-refractivity contribution >= 4 is 22.7 Å². The maximum atomic E-state index is 12.8. The number of Topliss-reactive ketones (excluding diaryl/α,β-unsaturated/α-hetero) is 1. The van der Waals surface area contributed by atoms with Gasteiger partial charge in [-0.25, -0.2) is 9.78 Å². The van der Waals surface area contributed by atoms with Gasteiger partial charge in [0.25, 0.3) is 0 Å². The first-order valence-electron chi connectivity index (χ1n) is 9.03. The highest BCUT2D eigenvalue weighted by Gasteiger charge is 2.17. The van der Waals surface area contributed by atoms with E-state index in [1.54, 1.807) is 31.5 Å². The monoisotopic (exact) mass is 386 g/mol. The fourth-order valence-electron chi connectivity index (χ4n) is 3.04. The first-order valence-corrected chi connectivity index (χ1v) is 9.03. The second kappa shape index (κ2) is 7.98. The largest absolute Gasteiger partial charge is 0.497 e. The van der Waals surface area contributed by atoms with Crippen molar-refractivity contribution in [2.45, 2.75) is 0 Å². The fraction of sp³-hybridized carbons (Fsp3) is 0.0870. The van der Waals surface area contributed by atoms with Crippen molar-refractivity contribution in [3.05, 3.63) is 84.2 Å². The molecular weight excluding hydrogens is 368 g/mol. The lowest BCUT2D eigenvalue weighted by atomic mass is 10.0. The highest BCUT2D eigenvalue weighted by molar-refractivity contribution is 6.06. The highest BCUT2D eigenvalue weighted by atomic mass is 16.5. The molecule has 29 heavy (non-hydrogen) atoms. The van der Waals surface area contributed by atoms with Gasteiger partial charge in [-0.1, -0.05) is 18.2 Å². The number of methoxy groups -OCH3 is 1. The Hall–Kier alpha value is -3.93. The summed E-state index contributed by atoms with van der Waals surface area (Å²) in [6.45, 7) is -0.339. The normalized spacial score (nSPS) is 10.7. The molecule has 2 aromatic carbocycles. The molecule has 4 rings (SSSR count). The third kappa shape index (κ3) is 3.87. The second-order valence-corrected chi connectivity index (χ2v) is 6.38. The number of pyridine rings is 1. The van der Waals surface area contributed by atoms with Crippen LogP contribution in [0.4, 0.5) is 0 Å². The molecule has 6 nitrogen and oxygen atoms in total. The van der Waals surface area contributed by atoms with Gasteiger partial charge in [0.2, 0.25) is 5.78 Å². The number of hydrogen-bond donors (Lipinski definition) is 1. The molecule has 0 fully saturated rings. The average molecular weight is 386 g/mol. The van der Waals surface area contributed by atoms with Crippen LogP contribution in [0.1, 0.15) is 20.8 Å². The lowest BCUT2D eigenvalue weighted by molar-refractivity contribution is 0.0475. The van der Waals surface area contributed by atoms with E-state index in [4.69, 9.17) is 9.47 Å². The second-order valence-electron chi connectivity index (χ2n) is 6.38. The van der Waals surface area contributed by atoms with Crippen LogP contribution in [0.5, 0.6) is 5.75 Å². The topological polar surface area (TPSA) is 81.3 Å². The number of carbonyl (C=O) groups is 2. The lowest BCUT2D eigenvalue weighted by Crippen LogP contribution is -2.15. The van der Waals surface area contributed by atoms with Crippen LogP contribution in [-0.2, 0) is 4.74 Å². The van der Waals surface area contributed by atoms with E-state index in [1.165, 1.54) is 0 Å². The molecule has 0 bridgehead atoms. The average Bonchev–Trinajstić information content (AvgIpc) is 3.31. The zero-order valence-corrected chi connectivity index (χ0v) is 15.7. The highest BCUT2D eigenvalue weighted by Crippen LogP contribution is 2.26. The van der Waals surface area contributed by atoms with E-state index in [9.17, 15) is 9.59 Å². The van der Waals surface area contributed by atoms with Crippen molar-refractivity contribution in [2.75, 3.05) is 13.7 Å². The summed E-state index contributed by atoms with van der Waals surface area (Å²) in [5.41, 5.74) is 2.91. The van der Waals surface area contributed by atoms with E-state index in [-0.39, 0.29) is 12.4 Å². The summed E-state index contributed by atoms with van der Waals surface area (Å²) in [4.78, 5) is 32.4. The standard InChI is InChI=1S/C23H18N2O4/c1-28-16-10-8-15(9-11-16)21-13-18(17-5-2-3-6-19(17)25-21)23(27)29-14-22(26)20-7-4-12-24-20/h2-13,24H,14H2,1H3. The molecule has 0 saturated carbocycles. The molecule has 1 N–H and O–H groups in total. The first-order chi connectivity index (χ1) is 14.2. The third-order valence-corrected chi connectivity index (χ3v) is 4.55. The van der Waals surface area contributed by atoms with Crippen LogP contribution in [0.3, 0.4) is 0 Å². The van der Waals surface area contributed by atoms with Crippen molar-refractivity contribution in [3.8, 4) is 17.0 Å². The van der Waals surface area contributed by atoms with E-state index in [0.717, 1.165) is 11.3 Å². The number of carbonyl (C=O) groups excluding carboxylic acids is 2. The molecule has 6 heteroatoms. The number of aromatic nitrogens is 2. The Morgan fingerprint density at radius 3 is 2.52 bits per heavy atom. The minimum Gasteiger partial charge on any atom is -0.497 e. The zero-order valence-electron chi connectivity index (χ0n) is 15.7. The third-order valence-electron chi connectivity index (χ3n) is 4.55. The van der Waals surface area contributed by atoms with Crippen LogP contribution in [0, 0.1) is 0 Å². The van der Waals surface area contributed by atoms with Gasteiger partial charge in [0.15, 0.2) is 6.61 Å². The predicted octanol–water partition coefficient (Wildman–Crippen LogP) is 4.28. The lowest BCUT2D eigenvalue weighted by Gasteiger charge is -2.10. The van der Waals surface area contributed by atoms with E-state index in [2.05, 4.69) is 9.97 Å². The van der Waals surface area contributed by atoms with E-state index < -0.39 is 5.97 Å². The predicted molar refractivity (Wildman–Crippen MR) is 109 cm³/mol. The van der Waals surface area contributed by atoms with Crippen molar-refractivity contribution in [2.24, 2.45) is 0 Å². The van der Waals surface area contributed by atoms with Crippen LogP contribution in [-0.4, -0.2) is 35.4 Å². The van der Waals surface area contributed by atoms with Crippen LogP contribution >= 0.6 is 0 Å².